The Labute approximate surface area is 182 Å². The second-order valence-corrected chi connectivity index (χ2v) is 8.64. The van der Waals surface area contributed by atoms with Gasteiger partial charge in [0.1, 0.15) is 11.6 Å². The van der Waals surface area contributed by atoms with E-state index in [1.165, 1.54) is 0 Å². The molecule has 2 amide bonds. The number of anilines is 2. The summed E-state index contributed by atoms with van der Waals surface area (Å²) in [6.07, 6.45) is 11.1. The minimum atomic E-state index is -0.0234. The zero-order valence-electron chi connectivity index (χ0n) is 18.3. The van der Waals surface area contributed by atoms with Crippen molar-refractivity contribution < 1.29 is 9.59 Å². The first-order valence-electron chi connectivity index (χ1n) is 11.3. The van der Waals surface area contributed by atoms with Gasteiger partial charge in [0, 0.05) is 24.7 Å². The van der Waals surface area contributed by atoms with Crippen molar-refractivity contribution in [1.29, 1.82) is 0 Å². The van der Waals surface area contributed by atoms with E-state index in [1.54, 1.807) is 12.4 Å². The molecule has 2 saturated carbocycles. The summed E-state index contributed by atoms with van der Waals surface area (Å²) >= 11 is 0. The first-order valence-corrected chi connectivity index (χ1v) is 11.3. The monoisotopic (exact) mass is 422 g/mol. The van der Waals surface area contributed by atoms with Crippen LogP contribution in [0.3, 0.4) is 0 Å². The maximum Gasteiger partial charge on any atom is 0.224 e. The number of unbranched alkanes of at least 4 members (excludes halogenated alkanes) is 2. The number of aryl methyl sites for hydroxylation is 2. The first kappa shape index (κ1) is 21.3. The van der Waals surface area contributed by atoms with Crippen molar-refractivity contribution >= 4 is 23.2 Å². The van der Waals surface area contributed by atoms with Crippen LogP contribution in [0, 0.1) is 13.8 Å². The average Bonchev–Trinajstić information content (AvgIpc) is 3.63. The van der Waals surface area contributed by atoms with Crippen LogP contribution in [-0.2, 0) is 9.59 Å². The highest BCUT2D eigenvalue weighted by Crippen LogP contribution is 2.42. The van der Waals surface area contributed by atoms with Crippen molar-refractivity contribution in [1.82, 2.24) is 19.9 Å². The van der Waals surface area contributed by atoms with E-state index < -0.39 is 0 Å². The van der Waals surface area contributed by atoms with Crippen molar-refractivity contribution in [2.75, 3.05) is 10.6 Å². The highest BCUT2D eigenvalue weighted by molar-refractivity contribution is 5.92. The molecule has 2 heterocycles. The highest BCUT2D eigenvalue weighted by atomic mass is 16.2. The molecule has 2 aromatic rings. The van der Waals surface area contributed by atoms with E-state index in [0.29, 0.717) is 24.7 Å². The molecule has 31 heavy (non-hydrogen) atoms. The largest absolute Gasteiger partial charge is 0.323 e. The van der Waals surface area contributed by atoms with Crippen LogP contribution in [0.1, 0.15) is 92.7 Å². The van der Waals surface area contributed by atoms with E-state index in [9.17, 15) is 9.59 Å². The number of amides is 2. The minimum absolute atomic E-state index is 0.0234. The van der Waals surface area contributed by atoms with Crippen molar-refractivity contribution in [3.05, 3.63) is 35.4 Å². The van der Waals surface area contributed by atoms with Gasteiger partial charge in [0.05, 0.1) is 35.2 Å². The standard InChI is InChI=1S/C23H30N6O2/c1-14-24-12-18(22(26-14)16-8-9-16)28-20(30)6-4-3-5-7-21(31)29-19-13-25-15(2)27-23(19)17-10-11-17/h12-13,16-17H,3-11H2,1-2H3,(H,28,30)(H,29,31). The summed E-state index contributed by atoms with van der Waals surface area (Å²) < 4.78 is 0. The molecule has 0 saturated heterocycles. The van der Waals surface area contributed by atoms with Gasteiger partial charge in [0.15, 0.2) is 0 Å². The molecule has 2 N–H and O–H groups in total. The Bertz CT molecular complexity index is 891. The second-order valence-electron chi connectivity index (χ2n) is 8.64. The molecule has 0 aliphatic heterocycles. The van der Waals surface area contributed by atoms with E-state index in [-0.39, 0.29) is 11.8 Å². The number of nitrogens with zero attached hydrogens (tertiary/aromatic N) is 4. The topological polar surface area (TPSA) is 110 Å². The third kappa shape index (κ3) is 6.06. The van der Waals surface area contributed by atoms with Gasteiger partial charge in [-0.15, -0.1) is 0 Å². The molecule has 4 rings (SSSR count). The van der Waals surface area contributed by atoms with Crippen molar-refractivity contribution in [3.8, 4) is 0 Å². The summed E-state index contributed by atoms with van der Waals surface area (Å²) in [5, 5.41) is 5.92. The molecule has 164 valence electrons. The van der Waals surface area contributed by atoms with Crippen molar-refractivity contribution in [2.24, 2.45) is 0 Å². The molecule has 0 unspecified atom stereocenters. The summed E-state index contributed by atoms with van der Waals surface area (Å²) in [6, 6.07) is 0. The fourth-order valence-corrected chi connectivity index (χ4v) is 3.68. The summed E-state index contributed by atoms with van der Waals surface area (Å²) in [4.78, 5) is 42.0. The molecule has 8 nitrogen and oxygen atoms in total. The van der Waals surface area contributed by atoms with Gasteiger partial charge in [0.2, 0.25) is 11.8 Å². The van der Waals surface area contributed by atoms with Crippen LogP contribution < -0.4 is 10.6 Å². The van der Waals surface area contributed by atoms with Gasteiger partial charge in [-0.2, -0.15) is 0 Å². The van der Waals surface area contributed by atoms with Crippen LogP contribution in [0.2, 0.25) is 0 Å². The molecule has 0 aromatic carbocycles. The number of nitrogens with one attached hydrogen (secondary N) is 2. The van der Waals surface area contributed by atoms with Gasteiger partial charge in [-0.05, 0) is 52.4 Å². The van der Waals surface area contributed by atoms with Crippen LogP contribution in [0.25, 0.3) is 0 Å². The van der Waals surface area contributed by atoms with E-state index in [1.807, 2.05) is 13.8 Å². The number of carbonyl (C=O) groups is 2. The smallest absolute Gasteiger partial charge is 0.224 e. The molecule has 2 aromatic heterocycles. The zero-order chi connectivity index (χ0) is 21.8. The van der Waals surface area contributed by atoms with Crippen molar-refractivity contribution in [3.63, 3.8) is 0 Å². The van der Waals surface area contributed by atoms with Gasteiger partial charge in [0.25, 0.3) is 0 Å². The predicted molar refractivity (Wildman–Crippen MR) is 118 cm³/mol. The van der Waals surface area contributed by atoms with Crippen molar-refractivity contribution in [2.45, 2.75) is 83.5 Å². The predicted octanol–water partition coefficient (Wildman–Crippen LogP) is 4.17. The maximum absolute atomic E-state index is 12.3. The van der Waals surface area contributed by atoms with Crippen LogP contribution in [-0.4, -0.2) is 31.8 Å². The first-order chi connectivity index (χ1) is 15.0. The number of carbonyl (C=O) groups excluding carboxylic acids is 2. The molecule has 2 fully saturated rings. The molecule has 8 heteroatoms. The Balaban J connectivity index is 1.16. The Morgan fingerprint density at radius 2 is 1.19 bits per heavy atom. The van der Waals surface area contributed by atoms with Crippen LogP contribution in [0.15, 0.2) is 12.4 Å². The van der Waals surface area contributed by atoms with Crippen LogP contribution in [0.4, 0.5) is 11.4 Å². The van der Waals surface area contributed by atoms with E-state index in [2.05, 4.69) is 30.6 Å². The van der Waals surface area contributed by atoms with E-state index >= 15 is 0 Å². The maximum atomic E-state index is 12.3. The Kier molecular flexibility index (Phi) is 6.53. The second kappa shape index (κ2) is 9.49. The molecule has 0 radical (unpaired) electrons. The number of hydrogen-bond donors (Lipinski definition) is 2. The van der Waals surface area contributed by atoms with E-state index in [0.717, 1.165) is 79.4 Å². The van der Waals surface area contributed by atoms with Gasteiger partial charge in [-0.3, -0.25) is 9.59 Å². The molecule has 2 aliphatic rings. The molecular formula is C23H30N6O2. The number of hydrogen-bond acceptors (Lipinski definition) is 6. The van der Waals surface area contributed by atoms with Gasteiger partial charge >= 0.3 is 0 Å². The van der Waals surface area contributed by atoms with Gasteiger partial charge in [-0.25, -0.2) is 19.9 Å². The lowest BCUT2D eigenvalue weighted by Crippen LogP contribution is -2.15. The summed E-state index contributed by atoms with van der Waals surface area (Å²) in [5.74, 6) is 2.33. The lowest BCUT2D eigenvalue weighted by atomic mass is 10.1. The normalized spacial score (nSPS) is 15.5. The molecule has 0 spiro atoms. The van der Waals surface area contributed by atoms with Gasteiger partial charge in [-0.1, -0.05) is 6.42 Å². The zero-order valence-corrected chi connectivity index (χ0v) is 18.3. The highest BCUT2D eigenvalue weighted by Gasteiger charge is 2.29. The number of rotatable bonds is 10. The quantitative estimate of drug-likeness (QED) is 0.556. The Morgan fingerprint density at radius 3 is 1.58 bits per heavy atom. The third-order valence-electron chi connectivity index (χ3n) is 5.66. The molecule has 0 atom stereocenters. The van der Waals surface area contributed by atoms with Gasteiger partial charge < -0.3 is 10.6 Å². The average molecular weight is 423 g/mol. The molecular weight excluding hydrogens is 392 g/mol. The molecule has 2 aliphatic carbocycles. The SMILES string of the molecule is Cc1ncc(NC(=O)CCCCCC(=O)Nc2cnc(C)nc2C2CC2)c(C2CC2)n1. The summed E-state index contributed by atoms with van der Waals surface area (Å²) in [7, 11) is 0. The lowest BCUT2D eigenvalue weighted by Gasteiger charge is -2.11. The third-order valence-corrected chi connectivity index (χ3v) is 5.66. The van der Waals surface area contributed by atoms with Crippen LogP contribution >= 0.6 is 0 Å². The summed E-state index contributed by atoms with van der Waals surface area (Å²) in [5.41, 5.74) is 3.40. The molecule has 0 bridgehead atoms. The van der Waals surface area contributed by atoms with Crippen LogP contribution in [0.5, 0.6) is 0 Å². The summed E-state index contributed by atoms with van der Waals surface area (Å²) in [6.45, 7) is 3.73. The fraction of sp³-hybridized carbons (Fsp3) is 0.565. The Morgan fingerprint density at radius 1 is 0.774 bits per heavy atom. The lowest BCUT2D eigenvalue weighted by molar-refractivity contribution is -0.116. The Hall–Kier alpha value is -2.90. The fourth-order valence-electron chi connectivity index (χ4n) is 3.68. The minimum Gasteiger partial charge on any atom is -0.323 e. The number of aromatic nitrogens is 4. The van der Waals surface area contributed by atoms with E-state index in [4.69, 9.17) is 0 Å².